The maximum atomic E-state index is 13.2. The Hall–Kier alpha value is -2.46. The number of carbonyl (C=O) groups is 1. The lowest BCUT2D eigenvalue weighted by Crippen LogP contribution is -2.50. The van der Waals surface area contributed by atoms with Gasteiger partial charge in [0.2, 0.25) is 10.0 Å². The van der Waals surface area contributed by atoms with Crippen molar-refractivity contribution in [1.82, 2.24) is 24.0 Å². The average molecular weight is 494 g/mol. The van der Waals surface area contributed by atoms with Gasteiger partial charge in [0, 0.05) is 32.4 Å². The van der Waals surface area contributed by atoms with Crippen LogP contribution in [0.5, 0.6) is 0 Å². The van der Waals surface area contributed by atoms with E-state index in [0.29, 0.717) is 22.8 Å². The lowest BCUT2D eigenvalue weighted by Gasteiger charge is -2.34. The third-order valence-corrected chi connectivity index (χ3v) is 7.99. The first-order valence-corrected chi connectivity index (χ1v) is 12.2. The summed E-state index contributed by atoms with van der Waals surface area (Å²) in [5.41, 5.74) is 1.26. The molecule has 0 bridgehead atoms. The Bertz CT molecular complexity index is 1240. The first-order chi connectivity index (χ1) is 15.3. The Morgan fingerprint density at radius 1 is 1.06 bits per heavy atom. The number of hydrogen-bond donors (Lipinski definition) is 0. The van der Waals surface area contributed by atoms with E-state index in [0.717, 1.165) is 5.69 Å². The smallest absolute Gasteiger partial charge is 0.257 e. The zero-order chi connectivity index (χ0) is 22.9. The fourth-order valence-electron chi connectivity index (χ4n) is 3.66. The number of benzene rings is 1. The predicted molar refractivity (Wildman–Crippen MR) is 122 cm³/mol. The van der Waals surface area contributed by atoms with Crippen LogP contribution in [-0.4, -0.2) is 64.5 Å². The Kier molecular flexibility index (Phi) is 6.52. The monoisotopic (exact) mass is 493 g/mol. The fraction of sp³-hybridized carbons (Fsp3) is 0.286. The number of hydrogen-bond acceptors (Lipinski definition) is 5. The topological polar surface area (TPSA) is 88.4 Å². The molecular formula is C21H21Cl2N5O3S. The molecule has 32 heavy (non-hydrogen) atoms. The molecule has 1 aliphatic rings. The van der Waals surface area contributed by atoms with Crippen LogP contribution < -0.4 is 0 Å². The summed E-state index contributed by atoms with van der Waals surface area (Å²) in [7, 11) is -3.73. The number of aromatic nitrogens is 3. The van der Waals surface area contributed by atoms with Crippen LogP contribution in [0.2, 0.25) is 10.0 Å². The maximum absolute atomic E-state index is 13.2. The van der Waals surface area contributed by atoms with E-state index in [4.69, 9.17) is 23.2 Å². The number of amides is 1. The second-order valence-electron chi connectivity index (χ2n) is 7.23. The molecule has 0 unspecified atom stereocenters. The molecule has 0 aliphatic carbocycles. The van der Waals surface area contributed by atoms with Crippen molar-refractivity contribution in [2.24, 2.45) is 0 Å². The van der Waals surface area contributed by atoms with Crippen molar-refractivity contribution in [3.05, 3.63) is 70.1 Å². The van der Waals surface area contributed by atoms with Crippen LogP contribution in [0.15, 0.2) is 53.7 Å². The molecule has 0 saturated carbocycles. The van der Waals surface area contributed by atoms with E-state index in [1.54, 1.807) is 22.0 Å². The fourth-order valence-corrected chi connectivity index (χ4v) is 5.47. The number of piperazine rings is 1. The Morgan fingerprint density at radius 3 is 2.44 bits per heavy atom. The quantitative estimate of drug-likeness (QED) is 0.543. The van der Waals surface area contributed by atoms with Crippen LogP contribution in [0.4, 0.5) is 0 Å². The van der Waals surface area contributed by atoms with Crippen LogP contribution in [0.3, 0.4) is 0 Å². The number of nitrogens with zero attached hydrogens (tertiary/aromatic N) is 5. The molecule has 1 fully saturated rings. The highest BCUT2D eigenvalue weighted by atomic mass is 35.5. The average Bonchev–Trinajstić information content (AvgIpc) is 3.25. The third kappa shape index (κ3) is 4.25. The van der Waals surface area contributed by atoms with E-state index in [1.165, 1.54) is 22.5 Å². The number of carbonyl (C=O) groups excluding carboxylic acids is 1. The van der Waals surface area contributed by atoms with E-state index in [2.05, 4.69) is 10.1 Å². The lowest BCUT2D eigenvalue weighted by atomic mass is 10.1. The number of pyridine rings is 1. The molecule has 0 spiro atoms. The molecule has 1 amide bonds. The van der Waals surface area contributed by atoms with Gasteiger partial charge in [-0.2, -0.15) is 9.40 Å². The second kappa shape index (κ2) is 9.19. The highest BCUT2D eigenvalue weighted by molar-refractivity contribution is 7.89. The van der Waals surface area contributed by atoms with Gasteiger partial charge in [0.1, 0.15) is 0 Å². The number of halogens is 2. The summed E-state index contributed by atoms with van der Waals surface area (Å²) in [6.45, 7) is 2.87. The van der Waals surface area contributed by atoms with E-state index >= 15 is 0 Å². The molecule has 11 heteroatoms. The third-order valence-electron chi connectivity index (χ3n) is 5.36. The van der Waals surface area contributed by atoms with Crippen molar-refractivity contribution in [1.29, 1.82) is 0 Å². The second-order valence-corrected chi connectivity index (χ2v) is 9.98. The van der Waals surface area contributed by atoms with Gasteiger partial charge in [0.15, 0.2) is 5.82 Å². The molecule has 1 aliphatic heterocycles. The summed E-state index contributed by atoms with van der Waals surface area (Å²) >= 11 is 11.9. The summed E-state index contributed by atoms with van der Waals surface area (Å²) in [6.07, 6.45) is 3.82. The van der Waals surface area contributed by atoms with Gasteiger partial charge in [-0.3, -0.25) is 4.79 Å². The zero-order valence-corrected chi connectivity index (χ0v) is 19.6. The van der Waals surface area contributed by atoms with Gasteiger partial charge in [-0.25, -0.2) is 18.1 Å². The van der Waals surface area contributed by atoms with Gasteiger partial charge in [0.25, 0.3) is 5.91 Å². The van der Waals surface area contributed by atoms with E-state index in [1.807, 2.05) is 25.1 Å². The molecule has 0 N–H and O–H groups in total. The minimum absolute atomic E-state index is 0.0802. The molecule has 3 aromatic rings. The van der Waals surface area contributed by atoms with E-state index in [9.17, 15) is 13.2 Å². The molecule has 8 nitrogen and oxygen atoms in total. The van der Waals surface area contributed by atoms with Gasteiger partial charge < -0.3 is 4.90 Å². The SMILES string of the molecule is CCc1c(C(=O)N2CCN(S(=O)(=O)c3ccc(Cl)c(Cl)c3)CC2)cnn1-c1ccccn1. The molecule has 4 rings (SSSR count). The van der Waals surface area contributed by atoms with E-state index in [-0.39, 0.29) is 42.0 Å². The van der Waals surface area contributed by atoms with Crippen LogP contribution in [0, 0.1) is 0 Å². The summed E-state index contributed by atoms with van der Waals surface area (Å²) in [6, 6.07) is 9.74. The molecule has 1 saturated heterocycles. The maximum Gasteiger partial charge on any atom is 0.257 e. The zero-order valence-electron chi connectivity index (χ0n) is 17.3. The molecule has 168 valence electrons. The molecule has 1 aromatic carbocycles. The van der Waals surface area contributed by atoms with Crippen molar-refractivity contribution in [3.63, 3.8) is 0 Å². The molecule has 2 aromatic heterocycles. The van der Waals surface area contributed by atoms with Gasteiger partial charge >= 0.3 is 0 Å². The highest BCUT2D eigenvalue weighted by Crippen LogP contribution is 2.27. The van der Waals surface area contributed by atoms with Crippen LogP contribution in [0.25, 0.3) is 5.82 Å². The number of sulfonamides is 1. The summed E-state index contributed by atoms with van der Waals surface area (Å²) in [4.78, 5) is 19.2. The van der Waals surface area contributed by atoms with Gasteiger partial charge in [-0.05, 0) is 36.8 Å². The van der Waals surface area contributed by atoms with Gasteiger partial charge in [-0.1, -0.05) is 36.2 Å². The van der Waals surface area contributed by atoms with Gasteiger partial charge in [-0.15, -0.1) is 0 Å². The molecule has 0 radical (unpaired) electrons. The number of rotatable bonds is 5. The molecule has 3 heterocycles. The van der Waals surface area contributed by atoms with Crippen molar-refractivity contribution in [3.8, 4) is 5.82 Å². The largest absolute Gasteiger partial charge is 0.336 e. The van der Waals surface area contributed by atoms with Crippen LogP contribution in [-0.2, 0) is 16.4 Å². The van der Waals surface area contributed by atoms with Crippen molar-refractivity contribution in [2.75, 3.05) is 26.2 Å². The summed E-state index contributed by atoms with van der Waals surface area (Å²) < 4.78 is 28.9. The minimum Gasteiger partial charge on any atom is -0.336 e. The Morgan fingerprint density at radius 2 is 1.81 bits per heavy atom. The first kappa shape index (κ1) is 22.7. The van der Waals surface area contributed by atoms with Crippen LogP contribution >= 0.6 is 23.2 Å². The summed E-state index contributed by atoms with van der Waals surface area (Å²) in [5, 5.41) is 4.83. The van der Waals surface area contributed by atoms with Crippen molar-refractivity contribution in [2.45, 2.75) is 18.2 Å². The molecular weight excluding hydrogens is 473 g/mol. The van der Waals surface area contributed by atoms with E-state index < -0.39 is 10.0 Å². The van der Waals surface area contributed by atoms with Gasteiger partial charge in [0.05, 0.1) is 32.4 Å². The summed E-state index contributed by atoms with van der Waals surface area (Å²) in [5.74, 6) is 0.469. The normalized spacial score (nSPS) is 15.2. The predicted octanol–water partition coefficient (Wildman–Crippen LogP) is 3.28. The Balaban J connectivity index is 1.49. The first-order valence-electron chi connectivity index (χ1n) is 10.1. The highest BCUT2D eigenvalue weighted by Gasteiger charge is 2.32. The van der Waals surface area contributed by atoms with Crippen molar-refractivity contribution < 1.29 is 13.2 Å². The lowest BCUT2D eigenvalue weighted by molar-refractivity contribution is 0.0696. The Labute approximate surface area is 196 Å². The minimum atomic E-state index is -3.73. The van der Waals surface area contributed by atoms with Crippen LogP contribution in [0.1, 0.15) is 23.0 Å². The standard InChI is InChI=1S/C21H21Cl2N5O3S/c1-2-19-16(14-25-28(19)20-5-3-4-8-24-20)21(29)26-9-11-27(12-10-26)32(30,31)15-6-7-17(22)18(23)13-15/h3-8,13-14H,2,9-12H2,1H3. The molecule has 0 atom stereocenters. The van der Waals surface area contributed by atoms with Crippen molar-refractivity contribution >= 4 is 39.1 Å².